The summed E-state index contributed by atoms with van der Waals surface area (Å²) in [6.45, 7) is -0.421. The van der Waals surface area contributed by atoms with Gasteiger partial charge in [-0.2, -0.15) is 0 Å². The number of carbonyl (C=O) groups excluding carboxylic acids is 3. The van der Waals surface area contributed by atoms with Crippen LogP contribution < -0.4 is 0 Å². The number of rotatable bonds is 5. The van der Waals surface area contributed by atoms with E-state index in [1.54, 1.807) is 6.08 Å². The van der Waals surface area contributed by atoms with E-state index in [2.05, 4.69) is 0 Å². The Hall–Kier alpha value is -3.78. The number of non-ortho nitro benzene ring substituents is 1. The maximum absolute atomic E-state index is 12.7. The van der Waals surface area contributed by atoms with E-state index in [0.29, 0.717) is 0 Å². The molecule has 0 aromatic heterocycles. The van der Waals surface area contributed by atoms with Gasteiger partial charge in [-0.05, 0) is 46.3 Å². The molecule has 0 N–H and O–H groups in total. The van der Waals surface area contributed by atoms with Gasteiger partial charge in [-0.15, -0.1) is 0 Å². The highest BCUT2D eigenvalue weighted by Crippen LogP contribution is 2.33. The van der Waals surface area contributed by atoms with Gasteiger partial charge in [0.25, 0.3) is 16.8 Å². The average Bonchev–Trinajstić information content (AvgIpc) is 3.01. The molecule has 0 spiro atoms. The van der Waals surface area contributed by atoms with Gasteiger partial charge in [0.15, 0.2) is 5.78 Å². The zero-order chi connectivity index (χ0) is 21.3. The van der Waals surface area contributed by atoms with Crippen LogP contribution >= 0.6 is 11.8 Å². The molecule has 0 aliphatic carbocycles. The molecule has 3 aromatic carbocycles. The summed E-state index contributed by atoms with van der Waals surface area (Å²) in [7, 11) is 0. The van der Waals surface area contributed by atoms with Gasteiger partial charge in [-0.1, -0.05) is 42.5 Å². The number of amides is 2. The van der Waals surface area contributed by atoms with Crippen LogP contribution in [0.15, 0.2) is 71.6 Å². The van der Waals surface area contributed by atoms with E-state index in [1.807, 2.05) is 42.5 Å². The van der Waals surface area contributed by atoms with Crippen LogP contribution in [0, 0.1) is 10.1 Å². The van der Waals surface area contributed by atoms with E-state index < -0.39 is 28.4 Å². The molecule has 1 fully saturated rings. The maximum atomic E-state index is 12.7. The molecule has 0 unspecified atom stereocenters. The topological polar surface area (TPSA) is 97.6 Å². The van der Waals surface area contributed by atoms with E-state index in [1.165, 1.54) is 24.3 Å². The van der Waals surface area contributed by atoms with Crippen LogP contribution in [0.4, 0.5) is 10.5 Å². The number of fused-ring (bicyclic) bond motifs is 1. The summed E-state index contributed by atoms with van der Waals surface area (Å²) in [6, 6.07) is 18.4. The van der Waals surface area contributed by atoms with Gasteiger partial charge in [0.2, 0.25) is 0 Å². The number of Topliss-reactive ketones (excluding diaryl/α,β-unsaturated/α-hetero) is 1. The third-order valence-corrected chi connectivity index (χ3v) is 5.59. The molecule has 0 saturated carbocycles. The van der Waals surface area contributed by atoms with Crippen molar-refractivity contribution in [3.63, 3.8) is 0 Å². The number of imide groups is 1. The Bertz CT molecular complexity index is 1230. The second-order valence-corrected chi connectivity index (χ2v) is 7.56. The smallest absolute Gasteiger partial charge is 0.292 e. The highest BCUT2D eigenvalue weighted by atomic mass is 32.2. The number of hydrogen-bond acceptors (Lipinski definition) is 6. The summed E-state index contributed by atoms with van der Waals surface area (Å²) in [4.78, 5) is 48.9. The fourth-order valence-electron chi connectivity index (χ4n) is 3.16. The van der Waals surface area contributed by atoms with Gasteiger partial charge in [0, 0.05) is 17.7 Å². The Morgan fingerprint density at radius 3 is 2.43 bits per heavy atom. The van der Waals surface area contributed by atoms with Crippen LogP contribution in [0.5, 0.6) is 0 Å². The Labute approximate surface area is 175 Å². The molecule has 1 aliphatic heterocycles. The number of carbonyl (C=O) groups is 3. The van der Waals surface area contributed by atoms with Crippen molar-refractivity contribution < 1.29 is 19.3 Å². The van der Waals surface area contributed by atoms with E-state index in [9.17, 15) is 24.5 Å². The lowest BCUT2D eigenvalue weighted by Crippen LogP contribution is -2.33. The van der Waals surface area contributed by atoms with Crippen molar-refractivity contribution in [3.05, 3.63) is 92.9 Å². The van der Waals surface area contributed by atoms with E-state index in [0.717, 1.165) is 33.0 Å². The van der Waals surface area contributed by atoms with Crippen molar-refractivity contribution in [2.24, 2.45) is 0 Å². The third-order valence-electron chi connectivity index (χ3n) is 4.69. The normalized spacial score (nSPS) is 15.2. The minimum atomic E-state index is -0.567. The van der Waals surface area contributed by atoms with Crippen LogP contribution in [-0.4, -0.2) is 33.3 Å². The lowest BCUT2D eigenvalue weighted by molar-refractivity contribution is -0.384. The molecule has 1 saturated heterocycles. The SMILES string of the molecule is O=C(CN1C(=O)S/C(=C/c2cccc3ccccc23)C1=O)c1ccc([N+](=O)[O-])cc1. The number of thioether (sulfide) groups is 1. The number of benzene rings is 3. The van der Waals surface area contributed by atoms with Crippen molar-refractivity contribution in [2.45, 2.75) is 0 Å². The lowest BCUT2D eigenvalue weighted by atomic mass is 10.0. The second-order valence-electron chi connectivity index (χ2n) is 6.56. The molecule has 7 nitrogen and oxygen atoms in total. The predicted molar refractivity (Wildman–Crippen MR) is 114 cm³/mol. The van der Waals surface area contributed by atoms with Gasteiger partial charge in [0.05, 0.1) is 16.4 Å². The monoisotopic (exact) mass is 418 g/mol. The van der Waals surface area contributed by atoms with Crippen LogP contribution in [0.2, 0.25) is 0 Å². The standard InChI is InChI=1S/C22H14N2O5S/c25-19(15-8-10-17(11-9-15)24(28)29)13-23-21(26)20(30-22(23)27)12-16-6-3-5-14-4-1-2-7-18(14)16/h1-12H,13H2/b20-12+. The zero-order valence-corrected chi connectivity index (χ0v) is 16.3. The molecule has 0 atom stereocenters. The summed E-state index contributed by atoms with van der Waals surface area (Å²) >= 11 is 0.786. The highest BCUT2D eigenvalue weighted by Gasteiger charge is 2.36. The Morgan fingerprint density at radius 2 is 1.70 bits per heavy atom. The maximum Gasteiger partial charge on any atom is 0.293 e. The molecule has 0 radical (unpaired) electrons. The molecule has 0 bridgehead atoms. The van der Waals surface area contributed by atoms with Crippen molar-refractivity contribution in [1.82, 2.24) is 4.90 Å². The lowest BCUT2D eigenvalue weighted by Gasteiger charge is -2.11. The van der Waals surface area contributed by atoms with Gasteiger partial charge in [0.1, 0.15) is 0 Å². The Morgan fingerprint density at radius 1 is 1.00 bits per heavy atom. The molecule has 1 heterocycles. The first-order chi connectivity index (χ1) is 14.4. The van der Waals surface area contributed by atoms with Gasteiger partial charge in [-0.25, -0.2) is 0 Å². The average molecular weight is 418 g/mol. The molecular formula is C22H14N2O5S. The van der Waals surface area contributed by atoms with Gasteiger partial charge < -0.3 is 0 Å². The van der Waals surface area contributed by atoms with E-state index in [-0.39, 0.29) is 16.2 Å². The number of ketones is 1. The number of nitro benzene ring substituents is 1. The molecule has 3 aromatic rings. The van der Waals surface area contributed by atoms with Gasteiger partial charge >= 0.3 is 0 Å². The van der Waals surface area contributed by atoms with Crippen molar-refractivity contribution in [2.75, 3.05) is 6.54 Å². The van der Waals surface area contributed by atoms with E-state index >= 15 is 0 Å². The van der Waals surface area contributed by atoms with Crippen LogP contribution in [0.3, 0.4) is 0 Å². The highest BCUT2D eigenvalue weighted by molar-refractivity contribution is 8.18. The first-order valence-electron chi connectivity index (χ1n) is 8.95. The number of nitrogens with zero attached hydrogens (tertiary/aromatic N) is 2. The Kier molecular flexibility index (Phi) is 5.16. The fourth-order valence-corrected chi connectivity index (χ4v) is 3.99. The fraction of sp³-hybridized carbons (Fsp3) is 0.0455. The summed E-state index contributed by atoms with van der Waals surface area (Å²) in [5.74, 6) is -1.01. The largest absolute Gasteiger partial charge is 0.293 e. The van der Waals surface area contributed by atoms with Crippen molar-refractivity contribution in [1.29, 1.82) is 0 Å². The van der Waals surface area contributed by atoms with Crippen molar-refractivity contribution in [3.8, 4) is 0 Å². The van der Waals surface area contributed by atoms with Crippen LogP contribution in [0.1, 0.15) is 15.9 Å². The van der Waals surface area contributed by atoms with E-state index in [4.69, 9.17) is 0 Å². The molecule has 1 aliphatic rings. The summed E-state index contributed by atoms with van der Waals surface area (Å²) in [5, 5.41) is 12.2. The number of hydrogen-bond donors (Lipinski definition) is 0. The van der Waals surface area contributed by atoms with Crippen molar-refractivity contribution >= 4 is 51.2 Å². The number of nitro groups is 1. The predicted octanol–water partition coefficient (Wildman–Crippen LogP) is 4.67. The van der Waals surface area contributed by atoms with Crippen LogP contribution in [0.25, 0.3) is 16.8 Å². The minimum Gasteiger partial charge on any atom is -0.292 e. The Balaban J connectivity index is 1.56. The molecule has 148 valence electrons. The summed E-state index contributed by atoms with van der Waals surface area (Å²) < 4.78 is 0. The quantitative estimate of drug-likeness (QED) is 0.259. The summed E-state index contributed by atoms with van der Waals surface area (Å²) in [5.41, 5.74) is 0.855. The van der Waals surface area contributed by atoms with Gasteiger partial charge in [-0.3, -0.25) is 29.4 Å². The first kappa shape index (κ1) is 19.5. The second kappa shape index (κ2) is 7.92. The third kappa shape index (κ3) is 3.72. The molecule has 8 heteroatoms. The molecule has 30 heavy (non-hydrogen) atoms. The molecule has 4 rings (SSSR count). The minimum absolute atomic E-state index is 0.143. The zero-order valence-electron chi connectivity index (χ0n) is 15.5. The first-order valence-corrected chi connectivity index (χ1v) is 9.76. The molecule has 2 amide bonds. The van der Waals surface area contributed by atoms with Crippen LogP contribution in [-0.2, 0) is 4.79 Å². The summed E-state index contributed by atoms with van der Waals surface area (Å²) in [6.07, 6.45) is 1.66. The molecular weight excluding hydrogens is 404 g/mol.